The second-order valence-corrected chi connectivity index (χ2v) is 8.31. The molecule has 0 spiro atoms. The fourth-order valence-electron chi connectivity index (χ4n) is 5.31. The van der Waals surface area contributed by atoms with Gasteiger partial charge in [-0.15, -0.1) is 0 Å². The molecule has 5 rings (SSSR count). The molecule has 0 unspecified atom stereocenters. The highest BCUT2D eigenvalue weighted by atomic mass is 14.3. The Labute approximate surface area is 162 Å². The second kappa shape index (κ2) is 6.23. The summed E-state index contributed by atoms with van der Waals surface area (Å²) in [6, 6.07) is 22.7. The van der Waals surface area contributed by atoms with E-state index in [1.807, 2.05) is 0 Å². The van der Waals surface area contributed by atoms with Gasteiger partial charge in [-0.1, -0.05) is 71.8 Å². The predicted molar refractivity (Wildman–Crippen MR) is 115 cm³/mol. The van der Waals surface area contributed by atoms with Crippen molar-refractivity contribution in [2.75, 3.05) is 0 Å². The molecular weight excluding hydrogens is 324 g/mol. The third-order valence-corrected chi connectivity index (χ3v) is 6.55. The van der Waals surface area contributed by atoms with Crippen LogP contribution in [-0.4, -0.2) is 0 Å². The van der Waals surface area contributed by atoms with Gasteiger partial charge in [0, 0.05) is 5.92 Å². The molecule has 0 saturated carbocycles. The number of benzene rings is 3. The van der Waals surface area contributed by atoms with Crippen LogP contribution in [0.1, 0.15) is 59.1 Å². The van der Waals surface area contributed by atoms with E-state index in [1.54, 1.807) is 16.7 Å². The molecule has 0 heteroatoms. The van der Waals surface area contributed by atoms with Gasteiger partial charge < -0.3 is 0 Å². The first kappa shape index (κ1) is 16.6. The van der Waals surface area contributed by atoms with E-state index in [0.717, 1.165) is 12.8 Å². The van der Waals surface area contributed by atoms with Crippen molar-refractivity contribution in [1.82, 2.24) is 0 Å². The standard InChI is InChI=1S/C27H26/c1-17-14-18(2)26-16-19(3)20(27(26)15-17)12-13-25-23-10-6-4-8-21(23)22-9-5-7-11-24(22)25/h4-11,14-15,25H,12-13,16H2,1-3H3. The Bertz CT molecular complexity index is 1040. The molecule has 2 aliphatic carbocycles. The van der Waals surface area contributed by atoms with Crippen molar-refractivity contribution in [3.8, 4) is 11.1 Å². The zero-order valence-corrected chi connectivity index (χ0v) is 16.5. The molecule has 0 fully saturated rings. The van der Waals surface area contributed by atoms with Gasteiger partial charge in [0.2, 0.25) is 0 Å². The minimum Gasteiger partial charge on any atom is -0.0651 e. The number of allylic oxidation sites excluding steroid dienone is 2. The first-order valence-electron chi connectivity index (χ1n) is 10.1. The molecule has 0 nitrogen and oxygen atoms in total. The van der Waals surface area contributed by atoms with Crippen LogP contribution in [0.3, 0.4) is 0 Å². The first-order valence-corrected chi connectivity index (χ1v) is 10.1. The molecule has 0 aliphatic heterocycles. The summed E-state index contributed by atoms with van der Waals surface area (Å²) < 4.78 is 0. The molecule has 0 atom stereocenters. The number of hydrogen-bond acceptors (Lipinski definition) is 0. The fourth-order valence-corrected chi connectivity index (χ4v) is 5.31. The van der Waals surface area contributed by atoms with E-state index >= 15 is 0 Å². The Hall–Kier alpha value is -2.60. The van der Waals surface area contributed by atoms with Crippen molar-refractivity contribution in [3.05, 3.63) is 99.6 Å². The monoisotopic (exact) mass is 350 g/mol. The van der Waals surface area contributed by atoms with Crippen molar-refractivity contribution in [2.45, 2.75) is 46.0 Å². The third kappa shape index (κ3) is 2.58. The highest BCUT2D eigenvalue weighted by Gasteiger charge is 2.29. The van der Waals surface area contributed by atoms with E-state index in [2.05, 4.69) is 81.4 Å². The molecule has 0 amide bonds. The molecule has 0 saturated heterocycles. The van der Waals surface area contributed by atoms with Crippen molar-refractivity contribution in [1.29, 1.82) is 0 Å². The van der Waals surface area contributed by atoms with Gasteiger partial charge in [-0.05, 0) is 84.6 Å². The van der Waals surface area contributed by atoms with Gasteiger partial charge >= 0.3 is 0 Å². The summed E-state index contributed by atoms with van der Waals surface area (Å²) in [5.41, 5.74) is 15.0. The average molecular weight is 351 g/mol. The van der Waals surface area contributed by atoms with Gasteiger partial charge in [-0.3, -0.25) is 0 Å². The number of aryl methyl sites for hydroxylation is 2. The Balaban J connectivity index is 1.49. The summed E-state index contributed by atoms with van der Waals surface area (Å²) in [5, 5.41) is 0. The Morgan fingerprint density at radius 2 is 1.41 bits per heavy atom. The number of fused-ring (bicyclic) bond motifs is 4. The van der Waals surface area contributed by atoms with Crippen LogP contribution in [0.4, 0.5) is 0 Å². The van der Waals surface area contributed by atoms with E-state index in [4.69, 9.17) is 0 Å². The molecule has 3 aromatic rings. The van der Waals surface area contributed by atoms with Gasteiger partial charge in [0.15, 0.2) is 0 Å². The molecule has 0 radical (unpaired) electrons. The zero-order valence-electron chi connectivity index (χ0n) is 16.5. The van der Waals surface area contributed by atoms with Gasteiger partial charge in [-0.25, -0.2) is 0 Å². The lowest BCUT2D eigenvalue weighted by molar-refractivity contribution is 0.750. The summed E-state index contributed by atoms with van der Waals surface area (Å²) in [6.45, 7) is 6.83. The van der Waals surface area contributed by atoms with Crippen molar-refractivity contribution in [2.24, 2.45) is 0 Å². The number of rotatable bonds is 3. The van der Waals surface area contributed by atoms with Gasteiger partial charge in [0.05, 0.1) is 0 Å². The third-order valence-electron chi connectivity index (χ3n) is 6.55. The van der Waals surface area contributed by atoms with Gasteiger partial charge in [0.1, 0.15) is 0 Å². The minimum atomic E-state index is 0.521. The van der Waals surface area contributed by atoms with E-state index in [0.29, 0.717) is 5.92 Å². The maximum Gasteiger partial charge on any atom is 0.0105 e. The van der Waals surface area contributed by atoms with Crippen LogP contribution < -0.4 is 0 Å². The highest BCUT2D eigenvalue weighted by molar-refractivity contribution is 5.80. The molecule has 0 aromatic heterocycles. The quantitative estimate of drug-likeness (QED) is 0.467. The summed E-state index contributed by atoms with van der Waals surface area (Å²) in [5.74, 6) is 0.521. The average Bonchev–Trinajstić information content (AvgIpc) is 3.15. The maximum atomic E-state index is 2.41. The summed E-state index contributed by atoms with van der Waals surface area (Å²) >= 11 is 0. The molecule has 0 bridgehead atoms. The minimum absolute atomic E-state index is 0.521. The second-order valence-electron chi connectivity index (χ2n) is 8.31. The zero-order chi connectivity index (χ0) is 18.5. The maximum absolute atomic E-state index is 2.41. The molecule has 0 heterocycles. The van der Waals surface area contributed by atoms with Crippen molar-refractivity contribution >= 4 is 5.57 Å². The predicted octanol–water partition coefficient (Wildman–Crippen LogP) is 7.23. The largest absolute Gasteiger partial charge is 0.0651 e. The lowest BCUT2D eigenvalue weighted by Gasteiger charge is -2.16. The molecule has 3 aromatic carbocycles. The van der Waals surface area contributed by atoms with Crippen LogP contribution in [0, 0.1) is 13.8 Å². The smallest absolute Gasteiger partial charge is 0.0105 e. The Morgan fingerprint density at radius 3 is 2.07 bits per heavy atom. The van der Waals surface area contributed by atoms with Crippen LogP contribution in [0.5, 0.6) is 0 Å². The first-order chi connectivity index (χ1) is 13.1. The summed E-state index contributed by atoms with van der Waals surface area (Å²) in [4.78, 5) is 0. The molecule has 27 heavy (non-hydrogen) atoms. The van der Waals surface area contributed by atoms with Crippen molar-refractivity contribution < 1.29 is 0 Å². The topological polar surface area (TPSA) is 0 Å². The Kier molecular flexibility index (Phi) is 3.82. The lowest BCUT2D eigenvalue weighted by atomic mass is 9.88. The fraction of sp³-hybridized carbons (Fsp3) is 0.259. The van der Waals surface area contributed by atoms with E-state index < -0.39 is 0 Å². The summed E-state index contributed by atoms with van der Waals surface area (Å²) in [6.07, 6.45) is 3.48. The molecule has 0 N–H and O–H groups in total. The van der Waals surface area contributed by atoms with Crippen LogP contribution >= 0.6 is 0 Å². The van der Waals surface area contributed by atoms with Crippen LogP contribution in [0.25, 0.3) is 16.7 Å². The van der Waals surface area contributed by atoms with Crippen LogP contribution in [0.15, 0.2) is 66.2 Å². The van der Waals surface area contributed by atoms with E-state index in [-0.39, 0.29) is 0 Å². The normalized spacial score (nSPS) is 15.1. The van der Waals surface area contributed by atoms with Gasteiger partial charge in [-0.2, -0.15) is 0 Å². The van der Waals surface area contributed by atoms with Gasteiger partial charge in [0.25, 0.3) is 0 Å². The van der Waals surface area contributed by atoms with Crippen LogP contribution in [-0.2, 0) is 6.42 Å². The summed E-state index contributed by atoms with van der Waals surface area (Å²) in [7, 11) is 0. The van der Waals surface area contributed by atoms with Crippen molar-refractivity contribution in [3.63, 3.8) is 0 Å². The Morgan fingerprint density at radius 1 is 0.778 bits per heavy atom. The molecular formula is C27H26. The number of hydrogen-bond donors (Lipinski definition) is 0. The SMILES string of the molecule is CC1=C(CCC2c3ccccc3-c3ccccc32)c2cc(C)cc(C)c2C1. The van der Waals surface area contributed by atoms with E-state index in [9.17, 15) is 0 Å². The lowest BCUT2D eigenvalue weighted by Crippen LogP contribution is -1.98. The van der Waals surface area contributed by atoms with E-state index in [1.165, 1.54) is 45.4 Å². The highest BCUT2D eigenvalue weighted by Crippen LogP contribution is 2.48. The van der Waals surface area contributed by atoms with Crippen LogP contribution in [0.2, 0.25) is 0 Å². The molecule has 134 valence electrons. The molecule has 2 aliphatic rings.